The Hall–Kier alpha value is -2.78. The highest BCUT2D eigenvalue weighted by atomic mass is 35.5. The lowest BCUT2D eigenvalue weighted by Gasteiger charge is -2.21. The number of nitrogens with one attached hydrogen (secondary N) is 1. The van der Waals surface area contributed by atoms with E-state index in [1.807, 2.05) is 0 Å². The Kier molecular flexibility index (Phi) is 7.98. The summed E-state index contributed by atoms with van der Waals surface area (Å²) in [4.78, 5) is 12.4. The Balaban J connectivity index is 1.79. The van der Waals surface area contributed by atoms with Gasteiger partial charge in [0.1, 0.15) is 5.82 Å². The van der Waals surface area contributed by atoms with Crippen LogP contribution in [0, 0.1) is 5.82 Å². The fourth-order valence-electron chi connectivity index (χ4n) is 2.74. The van der Waals surface area contributed by atoms with Gasteiger partial charge in [-0.3, -0.25) is 4.79 Å². The van der Waals surface area contributed by atoms with Gasteiger partial charge in [-0.15, -0.1) is 0 Å². The van der Waals surface area contributed by atoms with Crippen LogP contribution < -0.4 is 5.43 Å². The third kappa shape index (κ3) is 6.61. The van der Waals surface area contributed by atoms with E-state index in [1.54, 1.807) is 24.3 Å². The number of nitrogens with zero attached hydrogens (tertiary/aromatic N) is 2. The van der Waals surface area contributed by atoms with E-state index < -0.39 is 28.3 Å². The van der Waals surface area contributed by atoms with Gasteiger partial charge >= 0.3 is 0 Å². The van der Waals surface area contributed by atoms with Crippen molar-refractivity contribution in [1.29, 1.82) is 0 Å². The van der Waals surface area contributed by atoms with Gasteiger partial charge in [-0.25, -0.2) is 18.2 Å². The van der Waals surface area contributed by atoms with E-state index in [0.29, 0.717) is 21.2 Å². The third-order valence-electron chi connectivity index (χ3n) is 4.29. The number of hydrogen-bond donors (Lipinski definition) is 1. The highest BCUT2D eigenvalue weighted by Crippen LogP contribution is 2.21. The number of carbonyl (C=O) groups is 1. The molecular formula is C22H18Cl2FN3O3S. The summed E-state index contributed by atoms with van der Waals surface area (Å²) >= 11 is 11.9. The van der Waals surface area contributed by atoms with Crippen LogP contribution in [-0.4, -0.2) is 31.4 Å². The predicted octanol–water partition coefficient (Wildman–Crippen LogP) is 4.47. The SMILES string of the molecule is O=C(CN(Cc1cccc(Cl)c1)S(=O)(=O)c1ccc(Cl)cc1)N/N=C\c1ccc(F)cc1. The van der Waals surface area contributed by atoms with Crippen molar-refractivity contribution in [3.8, 4) is 0 Å². The van der Waals surface area contributed by atoms with E-state index >= 15 is 0 Å². The molecule has 0 saturated heterocycles. The molecule has 0 aliphatic rings. The largest absolute Gasteiger partial charge is 0.272 e. The van der Waals surface area contributed by atoms with Gasteiger partial charge in [0.15, 0.2) is 0 Å². The highest BCUT2D eigenvalue weighted by molar-refractivity contribution is 7.89. The number of amides is 1. The number of sulfonamides is 1. The maximum absolute atomic E-state index is 13.2. The van der Waals surface area contributed by atoms with E-state index in [2.05, 4.69) is 10.5 Å². The van der Waals surface area contributed by atoms with Crippen molar-refractivity contribution in [2.24, 2.45) is 5.10 Å². The van der Waals surface area contributed by atoms with E-state index in [0.717, 1.165) is 4.31 Å². The van der Waals surface area contributed by atoms with Gasteiger partial charge in [0, 0.05) is 16.6 Å². The minimum atomic E-state index is -4.03. The molecule has 10 heteroatoms. The number of carbonyl (C=O) groups excluding carboxylic acids is 1. The lowest BCUT2D eigenvalue weighted by atomic mass is 10.2. The quantitative estimate of drug-likeness (QED) is 0.371. The van der Waals surface area contributed by atoms with Gasteiger partial charge in [-0.1, -0.05) is 47.5 Å². The van der Waals surface area contributed by atoms with E-state index in [4.69, 9.17) is 23.2 Å². The van der Waals surface area contributed by atoms with E-state index in [-0.39, 0.29) is 11.4 Å². The van der Waals surface area contributed by atoms with Gasteiger partial charge in [0.05, 0.1) is 17.7 Å². The topological polar surface area (TPSA) is 78.8 Å². The van der Waals surface area contributed by atoms with Crippen LogP contribution in [0.4, 0.5) is 4.39 Å². The summed E-state index contributed by atoms with van der Waals surface area (Å²) in [5.74, 6) is -1.04. The standard InChI is InChI=1S/C22H18Cl2FN3O3S/c23-18-6-10-21(11-7-18)32(30,31)28(14-17-2-1-3-19(24)12-17)15-22(29)27-26-13-16-4-8-20(25)9-5-16/h1-13H,14-15H2,(H,27,29)/b26-13-. The first-order valence-corrected chi connectivity index (χ1v) is 11.5. The summed E-state index contributed by atoms with van der Waals surface area (Å²) in [7, 11) is -4.03. The first-order valence-electron chi connectivity index (χ1n) is 9.32. The second-order valence-corrected chi connectivity index (χ2v) is 9.51. The summed E-state index contributed by atoms with van der Waals surface area (Å²) in [6.07, 6.45) is 1.33. The summed E-state index contributed by atoms with van der Waals surface area (Å²) < 4.78 is 40.4. The minimum Gasteiger partial charge on any atom is -0.272 e. The molecule has 0 fully saturated rings. The zero-order valence-electron chi connectivity index (χ0n) is 16.6. The Labute approximate surface area is 195 Å². The van der Waals surface area contributed by atoms with Crippen LogP contribution in [0.2, 0.25) is 10.0 Å². The molecule has 0 spiro atoms. The van der Waals surface area contributed by atoms with Gasteiger partial charge in [0.25, 0.3) is 5.91 Å². The molecule has 3 rings (SSSR count). The lowest BCUT2D eigenvalue weighted by molar-refractivity contribution is -0.121. The van der Waals surface area contributed by atoms with Crippen LogP contribution in [0.25, 0.3) is 0 Å². The van der Waals surface area contributed by atoms with Crippen LogP contribution in [0.1, 0.15) is 11.1 Å². The minimum absolute atomic E-state index is 0.00783. The summed E-state index contributed by atoms with van der Waals surface area (Å²) in [6, 6.07) is 17.8. The van der Waals surface area contributed by atoms with Crippen molar-refractivity contribution in [1.82, 2.24) is 9.73 Å². The molecule has 1 amide bonds. The molecule has 0 aliphatic carbocycles. The molecule has 3 aromatic carbocycles. The lowest BCUT2D eigenvalue weighted by Crippen LogP contribution is -2.39. The van der Waals surface area contributed by atoms with E-state index in [9.17, 15) is 17.6 Å². The van der Waals surface area contributed by atoms with Crippen molar-refractivity contribution in [2.75, 3.05) is 6.54 Å². The van der Waals surface area contributed by atoms with Gasteiger partial charge in [-0.2, -0.15) is 9.41 Å². The molecule has 6 nitrogen and oxygen atoms in total. The smallest absolute Gasteiger partial charge is 0.255 e. The van der Waals surface area contributed by atoms with Crippen molar-refractivity contribution < 1.29 is 17.6 Å². The van der Waals surface area contributed by atoms with Crippen LogP contribution in [0.3, 0.4) is 0 Å². The molecule has 166 valence electrons. The maximum Gasteiger partial charge on any atom is 0.255 e. The Morgan fingerprint density at radius 2 is 1.69 bits per heavy atom. The fraction of sp³-hybridized carbons (Fsp3) is 0.0909. The summed E-state index contributed by atoms with van der Waals surface area (Å²) in [5.41, 5.74) is 3.46. The molecule has 0 aromatic heterocycles. The molecule has 3 aromatic rings. The molecule has 1 N–H and O–H groups in total. The van der Waals surface area contributed by atoms with Gasteiger partial charge < -0.3 is 0 Å². The van der Waals surface area contributed by atoms with Crippen molar-refractivity contribution in [3.63, 3.8) is 0 Å². The number of halogens is 3. The molecular weight excluding hydrogens is 476 g/mol. The van der Waals surface area contributed by atoms with E-state index in [1.165, 1.54) is 54.7 Å². The number of hydrogen-bond acceptors (Lipinski definition) is 4. The Morgan fingerprint density at radius 3 is 2.34 bits per heavy atom. The first kappa shape index (κ1) is 23.9. The summed E-state index contributed by atoms with van der Waals surface area (Å²) in [6.45, 7) is -0.571. The van der Waals surface area contributed by atoms with Gasteiger partial charge in [0.2, 0.25) is 10.0 Å². The van der Waals surface area contributed by atoms with Crippen molar-refractivity contribution in [2.45, 2.75) is 11.4 Å². The molecule has 0 bridgehead atoms. The molecule has 0 unspecified atom stereocenters. The molecule has 0 aliphatic heterocycles. The second-order valence-electron chi connectivity index (χ2n) is 6.70. The highest BCUT2D eigenvalue weighted by Gasteiger charge is 2.27. The molecule has 32 heavy (non-hydrogen) atoms. The molecule has 0 heterocycles. The number of hydrazone groups is 1. The third-order valence-corrected chi connectivity index (χ3v) is 6.59. The predicted molar refractivity (Wildman–Crippen MR) is 123 cm³/mol. The summed E-state index contributed by atoms with van der Waals surface area (Å²) in [5, 5.41) is 4.64. The Morgan fingerprint density at radius 1 is 1.00 bits per heavy atom. The average molecular weight is 494 g/mol. The number of rotatable bonds is 8. The Bertz CT molecular complexity index is 1220. The fourth-order valence-corrected chi connectivity index (χ4v) is 4.47. The maximum atomic E-state index is 13.2. The van der Waals surface area contributed by atoms with Crippen molar-refractivity contribution in [3.05, 3.63) is 99.8 Å². The molecule has 0 saturated carbocycles. The molecule has 0 radical (unpaired) electrons. The van der Waals surface area contributed by atoms with Gasteiger partial charge in [-0.05, 0) is 59.7 Å². The zero-order valence-corrected chi connectivity index (χ0v) is 18.9. The normalized spacial score (nSPS) is 11.8. The van der Waals surface area contributed by atoms with Crippen LogP contribution in [-0.2, 0) is 21.4 Å². The van der Waals surface area contributed by atoms with Crippen LogP contribution >= 0.6 is 23.2 Å². The number of benzene rings is 3. The first-order chi connectivity index (χ1) is 15.2. The average Bonchev–Trinajstić information content (AvgIpc) is 2.75. The van der Waals surface area contributed by atoms with Crippen LogP contribution in [0.15, 0.2) is 82.8 Å². The monoisotopic (exact) mass is 493 g/mol. The molecule has 0 atom stereocenters. The zero-order chi connectivity index (χ0) is 23.1. The second kappa shape index (κ2) is 10.7. The van der Waals surface area contributed by atoms with Crippen LogP contribution in [0.5, 0.6) is 0 Å². The van der Waals surface area contributed by atoms with Crippen molar-refractivity contribution >= 4 is 45.3 Å².